The van der Waals surface area contributed by atoms with Crippen molar-refractivity contribution < 1.29 is 13.0 Å². The van der Waals surface area contributed by atoms with Gasteiger partial charge in [0.15, 0.2) is 0 Å². The Labute approximate surface area is 73.3 Å². The molecule has 12 heavy (non-hydrogen) atoms. The maximum Gasteiger partial charge on any atom is 0.282 e. The SMILES string of the molecule is CNCC(NC(C)C)S(=O)(=O)O. The van der Waals surface area contributed by atoms with Crippen LogP contribution in [-0.2, 0) is 10.1 Å². The highest BCUT2D eigenvalue weighted by atomic mass is 32.2. The highest BCUT2D eigenvalue weighted by Gasteiger charge is 2.21. The van der Waals surface area contributed by atoms with Crippen molar-refractivity contribution in [2.24, 2.45) is 0 Å². The van der Waals surface area contributed by atoms with Crippen LogP contribution in [-0.4, -0.2) is 38.0 Å². The molecule has 5 nitrogen and oxygen atoms in total. The summed E-state index contributed by atoms with van der Waals surface area (Å²) in [6.45, 7) is 3.82. The van der Waals surface area contributed by atoms with Crippen LogP contribution in [0.3, 0.4) is 0 Å². The van der Waals surface area contributed by atoms with Gasteiger partial charge >= 0.3 is 0 Å². The third-order valence-corrected chi connectivity index (χ3v) is 2.29. The first-order chi connectivity index (χ1) is 5.38. The van der Waals surface area contributed by atoms with E-state index in [1.807, 2.05) is 13.8 Å². The van der Waals surface area contributed by atoms with Crippen molar-refractivity contribution in [3.63, 3.8) is 0 Å². The predicted molar refractivity (Wildman–Crippen MR) is 47.5 cm³/mol. The number of rotatable bonds is 5. The summed E-state index contributed by atoms with van der Waals surface area (Å²) in [4.78, 5) is 0. The maximum atomic E-state index is 10.7. The van der Waals surface area contributed by atoms with E-state index in [2.05, 4.69) is 10.6 Å². The maximum absolute atomic E-state index is 10.7. The Balaban J connectivity index is 4.24. The zero-order chi connectivity index (χ0) is 9.78. The number of hydrogen-bond acceptors (Lipinski definition) is 4. The average molecular weight is 196 g/mol. The van der Waals surface area contributed by atoms with Gasteiger partial charge in [0.2, 0.25) is 0 Å². The number of likely N-dealkylation sites (N-methyl/N-ethyl adjacent to an activating group) is 1. The fourth-order valence-electron chi connectivity index (χ4n) is 0.807. The van der Waals surface area contributed by atoms with Gasteiger partial charge in [0.1, 0.15) is 5.37 Å². The van der Waals surface area contributed by atoms with E-state index < -0.39 is 15.5 Å². The summed E-state index contributed by atoms with van der Waals surface area (Å²) >= 11 is 0. The molecule has 1 atom stereocenters. The zero-order valence-corrected chi connectivity index (χ0v) is 8.35. The molecule has 1 unspecified atom stereocenters. The van der Waals surface area contributed by atoms with Crippen LogP contribution in [0.5, 0.6) is 0 Å². The first-order valence-electron chi connectivity index (χ1n) is 3.75. The molecule has 0 aromatic rings. The topological polar surface area (TPSA) is 78.4 Å². The van der Waals surface area contributed by atoms with Crippen LogP contribution in [0.15, 0.2) is 0 Å². The van der Waals surface area contributed by atoms with E-state index in [4.69, 9.17) is 4.55 Å². The van der Waals surface area contributed by atoms with Crippen molar-refractivity contribution in [2.75, 3.05) is 13.6 Å². The molecule has 0 amide bonds. The Kier molecular flexibility index (Phi) is 4.69. The highest BCUT2D eigenvalue weighted by Crippen LogP contribution is 1.94. The van der Waals surface area contributed by atoms with Gasteiger partial charge in [-0.05, 0) is 20.9 Å². The smallest absolute Gasteiger partial charge is 0.282 e. The lowest BCUT2D eigenvalue weighted by Crippen LogP contribution is -2.46. The molecule has 3 N–H and O–H groups in total. The van der Waals surface area contributed by atoms with Gasteiger partial charge in [0.05, 0.1) is 0 Å². The Hall–Kier alpha value is -0.170. The molecule has 0 spiro atoms. The largest absolute Gasteiger partial charge is 0.317 e. The van der Waals surface area contributed by atoms with Crippen molar-refractivity contribution in [3.05, 3.63) is 0 Å². The molecule has 0 saturated heterocycles. The molecule has 6 heteroatoms. The first kappa shape index (κ1) is 11.8. The summed E-state index contributed by atoms with van der Waals surface area (Å²) in [5.41, 5.74) is 0. The highest BCUT2D eigenvalue weighted by molar-refractivity contribution is 7.86. The molecule has 0 heterocycles. The predicted octanol–water partition coefficient (Wildman–Crippen LogP) is -0.582. The van der Waals surface area contributed by atoms with Gasteiger partial charge in [0.25, 0.3) is 10.1 Å². The Morgan fingerprint density at radius 1 is 1.42 bits per heavy atom. The molecule has 0 bridgehead atoms. The van der Waals surface area contributed by atoms with Gasteiger partial charge in [0, 0.05) is 12.6 Å². The molecule has 0 radical (unpaired) electrons. The standard InChI is InChI=1S/C6H16N2O3S/c1-5(2)8-6(4-7-3)12(9,10)11/h5-8H,4H2,1-3H3,(H,9,10,11). The molecule has 74 valence electrons. The lowest BCUT2D eigenvalue weighted by molar-refractivity contribution is 0.431. The molecule has 0 aliphatic carbocycles. The van der Waals surface area contributed by atoms with Gasteiger partial charge in [-0.15, -0.1) is 0 Å². The van der Waals surface area contributed by atoms with Crippen molar-refractivity contribution in [2.45, 2.75) is 25.3 Å². The summed E-state index contributed by atoms with van der Waals surface area (Å²) in [6.07, 6.45) is 0. The first-order valence-corrected chi connectivity index (χ1v) is 5.25. The Bertz CT molecular complexity index is 213. The van der Waals surface area contributed by atoms with Gasteiger partial charge in [-0.25, -0.2) is 0 Å². The fraction of sp³-hybridized carbons (Fsp3) is 1.00. The third-order valence-electron chi connectivity index (χ3n) is 1.27. The number of hydrogen-bond donors (Lipinski definition) is 3. The third kappa shape index (κ3) is 4.66. The molecule has 0 saturated carbocycles. The molecule has 0 fully saturated rings. The van der Waals surface area contributed by atoms with E-state index in [0.717, 1.165) is 0 Å². The van der Waals surface area contributed by atoms with E-state index in [-0.39, 0.29) is 12.6 Å². The fourth-order valence-corrected chi connectivity index (χ4v) is 1.63. The van der Waals surface area contributed by atoms with E-state index in [9.17, 15) is 8.42 Å². The van der Waals surface area contributed by atoms with Gasteiger partial charge in [-0.2, -0.15) is 8.42 Å². The zero-order valence-electron chi connectivity index (χ0n) is 7.53. The molecule has 0 rings (SSSR count). The molecular formula is C6H16N2O3S. The van der Waals surface area contributed by atoms with Crippen molar-refractivity contribution in [1.82, 2.24) is 10.6 Å². The summed E-state index contributed by atoms with van der Waals surface area (Å²) in [7, 11) is -2.37. The van der Waals surface area contributed by atoms with E-state index in [0.29, 0.717) is 0 Å². The average Bonchev–Trinajstić information content (AvgIpc) is 1.83. The summed E-state index contributed by atoms with van der Waals surface area (Å²) in [5.74, 6) is 0. The minimum absolute atomic E-state index is 0.0188. The van der Waals surface area contributed by atoms with Crippen LogP contribution in [0, 0.1) is 0 Å². The number of nitrogens with one attached hydrogen (secondary N) is 2. The minimum Gasteiger partial charge on any atom is -0.317 e. The van der Waals surface area contributed by atoms with Gasteiger partial charge < -0.3 is 5.32 Å². The normalized spacial score (nSPS) is 15.1. The summed E-state index contributed by atoms with van der Waals surface area (Å²) in [5, 5.41) is 4.47. The Morgan fingerprint density at radius 3 is 2.17 bits per heavy atom. The second-order valence-corrected chi connectivity index (χ2v) is 4.48. The lowest BCUT2D eigenvalue weighted by Gasteiger charge is -2.17. The summed E-state index contributed by atoms with van der Waals surface area (Å²) in [6, 6.07) is 0.0188. The van der Waals surface area contributed by atoms with Crippen LogP contribution in [0.1, 0.15) is 13.8 Å². The van der Waals surface area contributed by atoms with Crippen LogP contribution in [0.25, 0.3) is 0 Å². The monoisotopic (exact) mass is 196 g/mol. The van der Waals surface area contributed by atoms with E-state index in [1.54, 1.807) is 7.05 Å². The molecule has 0 aliphatic rings. The lowest BCUT2D eigenvalue weighted by atomic mass is 10.4. The quantitative estimate of drug-likeness (QED) is 0.513. The van der Waals surface area contributed by atoms with Crippen molar-refractivity contribution in [1.29, 1.82) is 0 Å². The second-order valence-electron chi connectivity index (χ2n) is 2.88. The molecule has 0 aliphatic heterocycles. The van der Waals surface area contributed by atoms with Crippen LogP contribution in [0.2, 0.25) is 0 Å². The van der Waals surface area contributed by atoms with E-state index >= 15 is 0 Å². The summed E-state index contributed by atoms with van der Waals surface area (Å²) < 4.78 is 30.1. The van der Waals surface area contributed by atoms with Crippen molar-refractivity contribution >= 4 is 10.1 Å². The molecular weight excluding hydrogens is 180 g/mol. The van der Waals surface area contributed by atoms with E-state index in [1.165, 1.54) is 0 Å². The van der Waals surface area contributed by atoms with Gasteiger partial charge in [-0.3, -0.25) is 9.87 Å². The van der Waals surface area contributed by atoms with Crippen LogP contribution < -0.4 is 10.6 Å². The van der Waals surface area contributed by atoms with Crippen LogP contribution in [0.4, 0.5) is 0 Å². The van der Waals surface area contributed by atoms with Gasteiger partial charge in [-0.1, -0.05) is 0 Å². The minimum atomic E-state index is -4.00. The van der Waals surface area contributed by atoms with Crippen LogP contribution >= 0.6 is 0 Å². The Morgan fingerprint density at radius 2 is 1.92 bits per heavy atom. The van der Waals surface area contributed by atoms with Crippen molar-refractivity contribution in [3.8, 4) is 0 Å². The second kappa shape index (κ2) is 4.76. The molecule has 0 aromatic heterocycles. The molecule has 0 aromatic carbocycles.